The molecular weight excluding hydrogens is 416 g/mol. The summed E-state index contributed by atoms with van der Waals surface area (Å²) in [6.45, 7) is 0. The fourth-order valence-electron chi connectivity index (χ4n) is 3.37. The lowest BCUT2D eigenvalue weighted by Crippen LogP contribution is -2.22. The maximum absolute atomic E-state index is 13.2. The number of carbonyl (C=O) groups is 1. The number of nitrogens with one attached hydrogen (secondary N) is 1. The van der Waals surface area contributed by atoms with E-state index in [0.29, 0.717) is 44.2 Å². The highest BCUT2D eigenvalue weighted by Crippen LogP contribution is 2.28. The van der Waals surface area contributed by atoms with Gasteiger partial charge in [-0.25, -0.2) is 0 Å². The van der Waals surface area contributed by atoms with E-state index in [9.17, 15) is 9.59 Å². The topological polar surface area (TPSA) is 69.6 Å². The molecule has 0 saturated carbocycles. The largest absolute Gasteiger partial charge is 0.497 e. The zero-order chi connectivity index (χ0) is 22.0. The predicted molar refractivity (Wildman–Crippen MR) is 122 cm³/mol. The molecule has 7 heteroatoms. The number of nitrogens with zero attached hydrogens (tertiary/aromatic N) is 1. The number of halogens is 1. The van der Waals surface area contributed by atoms with E-state index in [1.165, 1.54) is 11.7 Å². The van der Waals surface area contributed by atoms with Gasteiger partial charge in [0.2, 0.25) is 0 Å². The molecule has 0 saturated heterocycles. The molecule has 4 rings (SSSR count). The number of fused-ring (bicyclic) bond motifs is 1. The third-order valence-corrected chi connectivity index (χ3v) is 5.21. The lowest BCUT2D eigenvalue weighted by Gasteiger charge is -2.14. The van der Waals surface area contributed by atoms with Gasteiger partial charge >= 0.3 is 0 Å². The number of hydrogen-bond donors (Lipinski definition) is 1. The molecule has 0 aliphatic heterocycles. The molecule has 0 aliphatic carbocycles. The van der Waals surface area contributed by atoms with Gasteiger partial charge in [-0.1, -0.05) is 35.9 Å². The Bertz CT molecular complexity index is 1350. The molecule has 0 aliphatic rings. The van der Waals surface area contributed by atoms with E-state index in [2.05, 4.69) is 5.32 Å². The van der Waals surface area contributed by atoms with Gasteiger partial charge in [0, 0.05) is 28.7 Å². The maximum Gasteiger partial charge on any atom is 0.262 e. The summed E-state index contributed by atoms with van der Waals surface area (Å²) in [6.07, 6.45) is 1.54. The molecule has 3 aromatic carbocycles. The monoisotopic (exact) mass is 434 g/mol. The summed E-state index contributed by atoms with van der Waals surface area (Å²) in [7, 11) is 3.08. The van der Waals surface area contributed by atoms with E-state index < -0.39 is 0 Å². The van der Waals surface area contributed by atoms with Crippen molar-refractivity contribution >= 4 is 34.0 Å². The summed E-state index contributed by atoms with van der Waals surface area (Å²) >= 11 is 6.18. The van der Waals surface area contributed by atoms with Gasteiger partial charge in [0.05, 0.1) is 30.5 Å². The number of amides is 1. The standard InChI is InChI=1S/C24H19ClN2O4/c1-30-17-7-5-6-16(13-17)27-14-20(18-8-3-4-9-19(18)24(27)29)23(28)26-15-10-11-22(31-2)21(25)12-15/h3-14H,1-2H3,(H,26,28). The zero-order valence-electron chi connectivity index (χ0n) is 16.9. The summed E-state index contributed by atoms with van der Waals surface area (Å²) < 4.78 is 11.9. The smallest absolute Gasteiger partial charge is 0.262 e. The minimum Gasteiger partial charge on any atom is -0.497 e. The van der Waals surface area contributed by atoms with Crippen molar-refractivity contribution in [3.05, 3.63) is 93.9 Å². The predicted octanol–water partition coefficient (Wildman–Crippen LogP) is 4.91. The SMILES string of the molecule is COc1cccc(-n2cc(C(=O)Nc3ccc(OC)c(Cl)c3)c3ccccc3c2=O)c1. The Morgan fingerprint density at radius 2 is 1.71 bits per heavy atom. The average Bonchev–Trinajstić information content (AvgIpc) is 2.79. The Kier molecular flexibility index (Phi) is 5.64. The van der Waals surface area contributed by atoms with Crippen LogP contribution >= 0.6 is 11.6 Å². The first-order chi connectivity index (χ1) is 15.0. The third-order valence-electron chi connectivity index (χ3n) is 4.91. The van der Waals surface area contributed by atoms with Crippen molar-refractivity contribution in [3.8, 4) is 17.2 Å². The molecule has 156 valence electrons. The molecule has 1 heterocycles. The van der Waals surface area contributed by atoms with Crippen LogP contribution in [0.4, 0.5) is 5.69 Å². The van der Waals surface area contributed by atoms with E-state index in [0.717, 1.165) is 0 Å². The van der Waals surface area contributed by atoms with Crippen molar-refractivity contribution in [2.24, 2.45) is 0 Å². The summed E-state index contributed by atoms with van der Waals surface area (Å²) in [6, 6.07) is 19.1. The van der Waals surface area contributed by atoms with Crippen molar-refractivity contribution in [2.45, 2.75) is 0 Å². The summed E-state index contributed by atoms with van der Waals surface area (Å²) in [5.74, 6) is 0.752. The number of ether oxygens (including phenoxy) is 2. The van der Waals surface area contributed by atoms with Crippen LogP contribution in [0.3, 0.4) is 0 Å². The fraction of sp³-hybridized carbons (Fsp3) is 0.0833. The number of carbonyl (C=O) groups excluding carboxylic acids is 1. The number of pyridine rings is 1. The van der Waals surface area contributed by atoms with Crippen molar-refractivity contribution in [2.75, 3.05) is 19.5 Å². The number of aromatic nitrogens is 1. The number of benzene rings is 3. The van der Waals surface area contributed by atoms with Gasteiger partial charge in [-0.15, -0.1) is 0 Å². The molecular formula is C24H19ClN2O4. The van der Waals surface area contributed by atoms with Crippen LogP contribution in [0.2, 0.25) is 5.02 Å². The molecule has 4 aromatic rings. The lowest BCUT2D eigenvalue weighted by atomic mass is 10.1. The fourth-order valence-corrected chi connectivity index (χ4v) is 3.62. The molecule has 0 bridgehead atoms. The Morgan fingerprint density at radius 1 is 0.935 bits per heavy atom. The van der Waals surface area contributed by atoms with Gasteiger partial charge in [-0.3, -0.25) is 14.2 Å². The van der Waals surface area contributed by atoms with Gasteiger partial charge in [-0.2, -0.15) is 0 Å². The maximum atomic E-state index is 13.2. The number of rotatable bonds is 5. The van der Waals surface area contributed by atoms with Crippen LogP contribution in [-0.2, 0) is 0 Å². The highest BCUT2D eigenvalue weighted by molar-refractivity contribution is 6.32. The minimum absolute atomic E-state index is 0.229. The third kappa shape index (κ3) is 3.98. The second-order valence-electron chi connectivity index (χ2n) is 6.77. The van der Waals surface area contributed by atoms with E-state index in [-0.39, 0.29) is 11.5 Å². The normalized spacial score (nSPS) is 10.7. The minimum atomic E-state index is -0.367. The Balaban J connectivity index is 1.83. The number of anilines is 1. The molecule has 0 spiro atoms. The quantitative estimate of drug-likeness (QED) is 0.484. The second kappa shape index (κ2) is 8.53. The van der Waals surface area contributed by atoms with E-state index in [4.69, 9.17) is 21.1 Å². The number of methoxy groups -OCH3 is 2. The van der Waals surface area contributed by atoms with E-state index >= 15 is 0 Å². The Morgan fingerprint density at radius 3 is 2.42 bits per heavy atom. The number of hydrogen-bond acceptors (Lipinski definition) is 4. The van der Waals surface area contributed by atoms with Crippen LogP contribution < -0.4 is 20.3 Å². The molecule has 31 heavy (non-hydrogen) atoms. The molecule has 1 N–H and O–H groups in total. The highest BCUT2D eigenvalue weighted by Gasteiger charge is 2.16. The van der Waals surface area contributed by atoms with Gasteiger partial charge in [0.1, 0.15) is 11.5 Å². The average molecular weight is 435 g/mol. The molecule has 0 fully saturated rings. The molecule has 0 radical (unpaired) electrons. The van der Waals surface area contributed by atoms with E-state index in [1.54, 1.807) is 80.0 Å². The van der Waals surface area contributed by atoms with Crippen LogP contribution in [0.25, 0.3) is 16.5 Å². The van der Waals surface area contributed by atoms with Crippen molar-refractivity contribution in [1.82, 2.24) is 4.57 Å². The molecule has 1 amide bonds. The summed E-state index contributed by atoms with van der Waals surface area (Å²) in [5, 5.41) is 4.22. The van der Waals surface area contributed by atoms with Gasteiger partial charge in [0.25, 0.3) is 11.5 Å². The van der Waals surface area contributed by atoms with Crippen LogP contribution in [0, 0.1) is 0 Å². The van der Waals surface area contributed by atoms with Gasteiger partial charge < -0.3 is 14.8 Å². The summed E-state index contributed by atoms with van der Waals surface area (Å²) in [5.41, 5.74) is 1.23. The van der Waals surface area contributed by atoms with Crippen molar-refractivity contribution < 1.29 is 14.3 Å². The first-order valence-electron chi connectivity index (χ1n) is 9.45. The zero-order valence-corrected chi connectivity index (χ0v) is 17.6. The van der Waals surface area contributed by atoms with Gasteiger partial charge in [0.15, 0.2) is 0 Å². The molecule has 0 unspecified atom stereocenters. The second-order valence-corrected chi connectivity index (χ2v) is 7.18. The van der Waals surface area contributed by atoms with Crippen LogP contribution in [0.1, 0.15) is 10.4 Å². The van der Waals surface area contributed by atoms with E-state index in [1.807, 2.05) is 0 Å². The molecule has 1 aromatic heterocycles. The highest BCUT2D eigenvalue weighted by atomic mass is 35.5. The first kappa shape index (κ1) is 20.5. The van der Waals surface area contributed by atoms with Crippen molar-refractivity contribution in [3.63, 3.8) is 0 Å². The molecule has 0 atom stereocenters. The Hall–Kier alpha value is -3.77. The summed E-state index contributed by atoms with van der Waals surface area (Å²) in [4.78, 5) is 26.3. The first-order valence-corrected chi connectivity index (χ1v) is 9.83. The van der Waals surface area contributed by atoms with Crippen LogP contribution in [0.15, 0.2) is 77.7 Å². The molecule has 6 nitrogen and oxygen atoms in total. The van der Waals surface area contributed by atoms with Crippen molar-refractivity contribution in [1.29, 1.82) is 0 Å². The van der Waals surface area contributed by atoms with Crippen LogP contribution in [0.5, 0.6) is 11.5 Å². The Labute approximate surface area is 183 Å². The van der Waals surface area contributed by atoms with Gasteiger partial charge in [-0.05, 0) is 36.4 Å². The van der Waals surface area contributed by atoms with Crippen LogP contribution in [-0.4, -0.2) is 24.7 Å². The lowest BCUT2D eigenvalue weighted by molar-refractivity contribution is 0.102.